The van der Waals surface area contributed by atoms with E-state index in [1.165, 1.54) is 0 Å². The quantitative estimate of drug-likeness (QED) is 0.750. The summed E-state index contributed by atoms with van der Waals surface area (Å²) in [7, 11) is 0. The molecule has 1 aliphatic rings. The van der Waals surface area contributed by atoms with E-state index in [0.717, 1.165) is 38.5 Å². The number of aliphatic carboxylic acids is 1. The topological polar surface area (TPSA) is 66.4 Å². The molecule has 0 aromatic carbocycles. The molecule has 0 aliphatic heterocycles. The molecular weight excluding hydrogens is 218 g/mol. The van der Waals surface area contributed by atoms with Crippen molar-refractivity contribution in [1.82, 2.24) is 5.32 Å². The smallest absolute Gasteiger partial charge is 0.305 e. The summed E-state index contributed by atoms with van der Waals surface area (Å²) >= 11 is 0. The number of carbonyl (C=O) groups is 2. The predicted octanol–water partition coefficient (Wildman–Crippen LogP) is 2.33. The highest BCUT2D eigenvalue weighted by molar-refractivity contribution is 5.83. The lowest BCUT2D eigenvalue weighted by molar-refractivity contribution is -0.138. The van der Waals surface area contributed by atoms with Crippen LogP contribution in [0.3, 0.4) is 0 Å². The van der Waals surface area contributed by atoms with E-state index in [2.05, 4.69) is 5.32 Å². The molecule has 2 N–H and O–H groups in total. The number of rotatable bonds is 6. The average molecular weight is 241 g/mol. The number of carboxylic acid groups (broad SMARTS) is 1. The van der Waals surface area contributed by atoms with E-state index in [9.17, 15) is 9.59 Å². The van der Waals surface area contributed by atoms with E-state index in [0.29, 0.717) is 0 Å². The van der Waals surface area contributed by atoms with Crippen molar-refractivity contribution >= 4 is 11.9 Å². The van der Waals surface area contributed by atoms with Gasteiger partial charge in [-0.1, -0.05) is 33.1 Å². The molecular formula is C13H23NO3. The molecule has 1 unspecified atom stereocenters. The van der Waals surface area contributed by atoms with Gasteiger partial charge < -0.3 is 10.4 Å². The van der Waals surface area contributed by atoms with Crippen molar-refractivity contribution in [1.29, 1.82) is 0 Å². The Hall–Kier alpha value is -1.06. The van der Waals surface area contributed by atoms with Gasteiger partial charge in [0.25, 0.3) is 0 Å². The Balaban J connectivity index is 2.53. The molecule has 1 rings (SSSR count). The highest BCUT2D eigenvalue weighted by atomic mass is 16.4. The molecule has 1 saturated carbocycles. The van der Waals surface area contributed by atoms with Gasteiger partial charge >= 0.3 is 5.97 Å². The van der Waals surface area contributed by atoms with Crippen LogP contribution in [0.2, 0.25) is 0 Å². The van der Waals surface area contributed by atoms with E-state index >= 15 is 0 Å². The first-order valence-corrected chi connectivity index (χ1v) is 6.50. The summed E-state index contributed by atoms with van der Waals surface area (Å²) in [6.07, 6.45) is 5.68. The molecule has 0 heterocycles. The Morgan fingerprint density at radius 1 is 1.35 bits per heavy atom. The highest BCUT2D eigenvalue weighted by Crippen LogP contribution is 2.37. The van der Waals surface area contributed by atoms with Crippen molar-refractivity contribution in [2.45, 2.75) is 64.8 Å². The summed E-state index contributed by atoms with van der Waals surface area (Å²) < 4.78 is 0. The standard InChI is InChI=1S/C13H23NO3/c1-3-6-10(9-11(15)16)14-12(17)13(2)7-4-5-8-13/h10H,3-9H2,1-2H3,(H,14,17)(H,15,16). The van der Waals surface area contributed by atoms with E-state index in [4.69, 9.17) is 5.11 Å². The fraction of sp³-hybridized carbons (Fsp3) is 0.846. The van der Waals surface area contributed by atoms with Crippen LogP contribution in [0.4, 0.5) is 0 Å². The minimum atomic E-state index is -0.847. The number of amides is 1. The first-order valence-electron chi connectivity index (χ1n) is 6.50. The van der Waals surface area contributed by atoms with Crippen LogP contribution in [0.25, 0.3) is 0 Å². The second-order valence-corrected chi connectivity index (χ2v) is 5.32. The Morgan fingerprint density at radius 2 is 1.94 bits per heavy atom. The lowest BCUT2D eigenvalue weighted by Crippen LogP contribution is -2.43. The molecule has 0 aromatic heterocycles. The van der Waals surface area contributed by atoms with Crippen LogP contribution in [0.15, 0.2) is 0 Å². The molecule has 0 spiro atoms. The lowest BCUT2D eigenvalue weighted by atomic mass is 9.87. The molecule has 0 radical (unpaired) electrons. The Labute approximate surface area is 103 Å². The molecule has 4 nitrogen and oxygen atoms in total. The third-order valence-electron chi connectivity index (χ3n) is 3.65. The van der Waals surface area contributed by atoms with Crippen LogP contribution in [-0.2, 0) is 9.59 Å². The zero-order valence-electron chi connectivity index (χ0n) is 10.8. The van der Waals surface area contributed by atoms with Gasteiger partial charge in [0, 0.05) is 11.5 Å². The van der Waals surface area contributed by atoms with Gasteiger partial charge in [0.1, 0.15) is 0 Å². The van der Waals surface area contributed by atoms with Crippen molar-refractivity contribution in [3.63, 3.8) is 0 Å². The second kappa shape index (κ2) is 6.03. The first-order chi connectivity index (χ1) is 7.98. The van der Waals surface area contributed by atoms with Crippen molar-refractivity contribution < 1.29 is 14.7 Å². The number of carboxylic acids is 1. The van der Waals surface area contributed by atoms with Gasteiger partial charge in [0.05, 0.1) is 6.42 Å². The van der Waals surface area contributed by atoms with Gasteiger partial charge in [-0.3, -0.25) is 9.59 Å². The Kier molecular flexibility index (Phi) is 4.97. The van der Waals surface area contributed by atoms with Gasteiger partial charge in [-0.15, -0.1) is 0 Å². The van der Waals surface area contributed by atoms with Gasteiger partial charge in [0.15, 0.2) is 0 Å². The maximum atomic E-state index is 12.1. The van der Waals surface area contributed by atoms with Crippen molar-refractivity contribution in [3.8, 4) is 0 Å². The summed E-state index contributed by atoms with van der Waals surface area (Å²) in [5, 5.41) is 11.7. The molecule has 0 bridgehead atoms. The van der Waals surface area contributed by atoms with Crippen LogP contribution in [0.5, 0.6) is 0 Å². The molecule has 1 amide bonds. The van der Waals surface area contributed by atoms with Gasteiger partial charge in [-0.25, -0.2) is 0 Å². The molecule has 0 aromatic rings. The maximum absolute atomic E-state index is 12.1. The molecule has 17 heavy (non-hydrogen) atoms. The maximum Gasteiger partial charge on any atom is 0.305 e. The number of hydrogen-bond acceptors (Lipinski definition) is 2. The van der Waals surface area contributed by atoms with E-state index in [1.807, 2.05) is 13.8 Å². The Morgan fingerprint density at radius 3 is 2.41 bits per heavy atom. The van der Waals surface area contributed by atoms with Crippen molar-refractivity contribution in [2.24, 2.45) is 5.41 Å². The third kappa shape index (κ3) is 4.02. The van der Waals surface area contributed by atoms with Gasteiger partial charge in [-0.05, 0) is 19.3 Å². The minimum Gasteiger partial charge on any atom is -0.481 e. The van der Waals surface area contributed by atoms with Crippen molar-refractivity contribution in [3.05, 3.63) is 0 Å². The summed E-state index contributed by atoms with van der Waals surface area (Å²) in [5.41, 5.74) is -0.273. The van der Waals surface area contributed by atoms with Crippen LogP contribution < -0.4 is 5.32 Å². The number of nitrogens with one attached hydrogen (secondary N) is 1. The molecule has 1 fully saturated rings. The monoisotopic (exact) mass is 241 g/mol. The summed E-state index contributed by atoms with van der Waals surface area (Å²) in [6.45, 7) is 3.98. The summed E-state index contributed by atoms with van der Waals surface area (Å²) in [6, 6.07) is -0.220. The molecule has 98 valence electrons. The fourth-order valence-electron chi connectivity index (χ4n) is 2.53. The fourth-order valence-corrected chi connectivity index (χ4v) is 2.53. The van der Waals surface area contributed by atoms with Gasteiger partial charge in [0.2, 0.25) is 5.91 Å². The van der Waals surface area contributed by atoms with Gasteiger partial charge in [-0.2, -0.15) is 0 Å². The van der Waals surface area contributed by atoms with Crippen LogP contribution in [0.1, 0.15) is 58.8 Å². The average Bonchev–Trinajstić information content (AvgIpc) is 2.66. The number of hydrogen-bond donors (Lipinski definition) is 2. The zero-order valence-corrected chi connectivity index (χ0v) is 10.8. The highest BCUT2D eigenvalue weighted by Gasteiger charge is 2.37. The molecule has 4 heteroatoms. The van der Waals surface area contributed by atoms with Crippen LogP contribution >= 0.6 is 0 Å². The van der Waals surface area contributed by atoms with Crippen molar-refractivity contribution in [2.75, 3.05) is 0 Å². The normalized spacial score (nSPS) is 19.9. The van der Waals surface area contributed by atoms with E-state index < -0.39 is 5.97 Å². The predicted molar refractivity (Wildman–Crippen MR) is 65.7 cm³/mol. The van der Waals surface area contributed by atoms with Crippen LogP contribution in [0, 0.1) is 5.41 Å². The SMILES string of the molecule is CCCC(CC(=O)O)NC(=O)C1(C)CCCC1. The molecule has 1 atom stereocenters. The zero-order chi connectivity index (χ0) is 12.9. The molecule has 0 saturated heterocycles. The van der Waals surface area contributed by atoms with E-state index in [-0.39, 0.29) is 23.8 Å². The minimum absolute atomic E-state index is 0.0235. The molecule has 1 aliphatic carbocycles. The summed E-state index contributed by atoms with van der Waals surface area (Å²) in [4.78, 5) is 22.8. The summed E-state index contributed by atoms with van der Waals surface area (Å²) in [5.74, 6) is -0.810. The largest absolute Gasteiger partial charge is 0.481 e. The second-order valence-electron chi connectivity index (χ2n) is 5.32. The third-order valence-corrected chi connectivity index (χ3v) is 3.65. The first kappa shape index (κ1) is 14.0. The number of carbonyl (C=O) groups excluding carboxylic acids is 1. The Bertz CT molecular complexity index is 282. The van der Waals surface area contributed by atoms with Crippen LogP contribution in [-0.4, -0.2) is 23.0 Å². The van der Waals surface area contributed by atoms with E-state index in [1.54, 1.807) is 0 Å². The lowest BCUT2D eigenvalue weighted by Gasteiger charge is -2.26.